The van der Waals surface area contributed by atoms with Crippen LogP contribution in [0.25, 0.3) is 5.69 Å². The molecule has 0 aliphatic carbocycles. The lowest BCUT2D eigenvalue weighted by molar-refractivity contribution is 0.628. The predicted octanol–water partition coefficient (Wildman–Crippen LogP) is 3.58. The summed E-state index contributed by atoms with van der Waals surface area (Å²) in [5.41, 5.74) is 4.28. The average Bonchev–Trinajstić information content (AvgIpc) is 2.61. The Kier molecular flexibility index (Phi) is 4.81. The second-order valence-electron chi connectivity index (χ2n) is 4.85. The minimum absolute atomic E-state index is 0.303. The van der Waals surface area contributed by atoms with Gasteiger partial charge in [0.25, 0.3) is 5.56 Å². The van der Waals surface area contributed by atoms with E-state index in [9.17, 15) is 9.18 Å². The molecular formula is C17H12BrFN4O. The third kappa shape index (κ3) is 3.57. The van der Waals surface area contributed by atoms with Crippen molar-refractivity contribution in [3.63, 3.8) is 0 Å². The van der Waals surface area contributed by atoms with Crippen LogP contribution in [0.15, 0.2) is 75.2 Å². The second-order valence-corrected chi connectivity index (χ2v) is 5.64. The van der Waals surface area contributed by atoms with E-state index in [1.807, 2.05) is 18.2 Å². The van der Waals surface area contributed by atoms with Crippen LogP contribution in [0.2, 0.25) is 0 Å². The van der Waals surface area contributed by atoms with Gasteiger partial charge in [-0.25, -0.2) is 4.39 Å². The zero-order valence-electron chi connectivity index (χ0n) is 12.4. The molecule has 1 heterocycles. The molecule has 3 aromatic rings. The molecule has 5 nitrogen and oxygen atoms in total. The molecule has 1 N–H and O–H groups in total. The Labute approximate surface area is 145 Å². The van der Waals surface area contributed by atoms with E-state index in [2.05, 4.69) is 31.6 Å². The van der Waals surface area contributed by atoms with Crippen LogP contribution in [0.4, 0.5) is 10.1 Å². The lowest BCUT2D eigenvalue weighted by Crippen LogP contribution is -2.22. The Bertz CT molecular complexity index is 924. The number of nitrogens with one attached hydrogen (secondary N) is 1. The summed E-state index contributed by atoms with van der Waals surface area (Å²) in [6.07, 6.45) is 3.02. The molecule has 0 saturated carbocycles. The average molecular weight is 387 g/mol. The van der Waals surface area contributed by atoms with E-state index in [4.69, 9.17) is 0 Å². The van der Waals surface area contributed by atoms with Gasteiger partial charge in [0.05, 0.1) is 23.8 Å². The van der Waals surface area contributed by atoms with E-state index in [-0.39, 0.29) is 11.4 Å². The molecule has 0 amide bonds. The molecule has 24 heavy (non-hydrogen) atoms. The third-order valence-corrected chi connectivity index (χ3v) is 3.95. The highest BCUT2D eigenvalue weighted by Gasteiger charge is 2.09. The first-order valence-electron chi connectivity index (χ1n) is 7.03. The minimum Gasteiger partial charge on any atom is -0.275 e. The molecule has 0 fully saturated rings. The van der Waals surface area contributed by atoms with E-state index >= 15 is 0 Å². The van der Waals surface area contributed by atoms with E-state index in [0.717, 1.165) is 5.56 Å². The number of para-hydroxylation sites is 1. The normalized spacial score (nSPS) is 10.9. The van der Waals surface area contributed by atoms with Crippen molar-refractivity contribution in [1.82, 2.24) is 9.78 Å². The van der Waals surface area contributed by atoms with Crippen molar-refractivity contribution in [3.8, 4) is 5.69 Å². The number of benzene rings is 2. The van der Waals surface area contributed by atoms with Crippen LogP contribution in [0.1, 0.15) is 5.56 Å². The van der Waals surface area contributed by atoms with E-state index in [1.54, 1.807) is 24.3 Å². The number of hydrogen-bond acceptors (Lipinski definition) is 4. The van der Waals surface area contributed by atoms with Gasteiger partial charge in [-0.15, -0.1) is 0 Å². The maximum atomic E-state index is 12.8. The highest BCUT2D eigenvalue weighted by Crippen LogP contribution is 2.17. The molecule has 2 aromatic carbocycles. The van der Waals surface area contributed by atoms with Gasteiger partial charge in [0.2, 0.25) is 0 Å². The maximum absolute atomic E-state index is 12.8. The fraction of sp³-hybridized carbons (Fsp3) is 0. The van der Waals surface area contributed by atoms with Crippen molar-refractivity contribution < 1.29 is 4.39 Å². The number of hydrazone groups is 1. The summed E-state index contributed by atoms with van der Waals surface area (Å²) in [4.78, 5) is 12.4. The molecular weight excluding hydrogens is 375 g/mol. The number of aromatic nitrogens is 2. The fourth-order valence-electron chi connectivity index (χ4n) is 1.99. The van der Waals surface area contributed by atoms with Gasteiger partial charge in [0.15, 0.2) is 0 Å². The Morgan fingerprint density at radius 3 is 2.54 bits per heavy atom. The second kappa shape index (κ2) is 7.18. The van der Waals surface area contributed by atoms with E-state index in [0.29, 0.717) is 15.8 Å². The molecule has 3 rings (SSSR count). The van der Waals surface area contributed by atoms with Gasteiger partial charge < -0.3 is 0 Å². The Morgan fingerprint density at radius 1 is 1.12 bits per heavy atom. The first-order valence-corrected chi connectivity index (χ1v) is 7.82. The summed E-state index contributed by atoms with van der Waals surface area (Å²) in [6.45, 7) is 0. The lowest BCUT2D eigenvalue weighted by atomic mass is 10.2. The van der Waals surface area contributed by atoms with Crippen molar-refractivity contribution >= 4 is 27.8 Å². The number of rotatable bonds is 4. The van der Waals surface area contributed by atoms with Gasteiger partial charge in [-0.05, 0) is 45.8 Å². The summed E-state index contributed by atoms with van der Waals surface area (Å²) in [5.74, 6) is -0.309. The number of hydrogen-bond donors (Lipinski definition) is 1. The molecule has 0 aliphatic heterocycles. The molecule has 0 saturated heterocycles. The zero-order chi connectivity index (χ0) is 16.9. The molecule has 0 bridgehead atoms. The topological polar surface area (TPSA) is 59.3 Å². The molecule has 0 atom stereocenters. The van der Waals surface area contributed by atoms with Crippen LogP contribution >= 0.6 is 15.9 Å². The molecule has 120 valence electrons. The van der Waals surface area contributed by atoms with Crippen LogP contribution in [-0.2, 0) is 0 Å². The van der Waals surface area contributed by atoms with Crippen molar-refractivity contribution in [2.45, 2.75) is 0 Å². The molecule has 1 aromatic heterocycles. The molecule has 0 radical (unpaired) electrons. The molecule has 0 aliphatic rings. The summed E-state index contributed by atoms with van der Waals surface area (Å²) < 4.78 is 14.4. The minimum atomic E-state index is -0.309. The summed E-state index contributed by atoms with van der Waals surface area (Å²) in [7, 11) is 0. The van der Waals surface area contributed by atoms with Gasteiger partial charge in [0.1, 0.15) is 10.3 Å². The molecule has 0 spiro atoms. The monoisotopic (exact) mass is 386 g/mol. The zero-order valence-corrected chi connectivity index (χ0v) is 13.9. The predicted molar refractivity (Wildman–Crippen MR) is 95.2 cm³/mol. The number of anilines is 1. The largest absolute Gasteiger partial charge is 0.287 e. The smallest absolute Gasteiger partial charge is 0.275 e. The summed E-state index contributed by atoms with van der Waals surface area (Å²) in [6, 6.07) is 15.0. The summed E-state index contributed by atoms with van der Waals surface area (Å²) >= 11 is 3.26. The number of halogens is 2. The van der Waals surface area contributed by atoms with Crippen LogP contribution in [0, 0.1) is 5.82 Å². The number of nitrogens with zero attached hydrogens (tertiary/aromatic N) is 3. The van der Waals surface area contributed by atoms with Crippen molar-refractivity contribution in [1.29, 1.82) is 0 Å². The SMILES string of the molecule is O=c1c(Br)c(N/N=C/c2ccc(F)cc2)cnn1-c1ccccc1. The Balaban J connectivity index is 1.81. The molecule has 0 unspecified atom stereocenters. The van der Waals surface area contributed by atoms with E-state index in [1.165, 1.54) is 29.2 Å². The van der Waals surface area contributed by atoms with Crippen LogP contribution in [0.3, 0.4) is 0 Å². The van der Waals surface area contributed by atoms with Crippen molar-refractivity contribution in [2.75, 3.05) is 5.43 Å². The lowest BCUT2D eigenvalue weighted by Gasteiger charge is -2.07. The van der Waals surface area contributed by atoms with Gasteiger partial charge in [-0.1, -0.05) is 30.3 Å². The van der Waals surface area contributed by atoms with Crippen LogP contribution in [0.5, 0.6) is 0 Å². The highest BCUT2D eigenvalue weighted by molar-refractivity contribution is 9.10. The standard InChI is InChI=1S/C17H12BrFN4O/c18-16-15(22-20-10-12-6-8-13(19)9-7-12)11-21-23(17(16)24)14-4-2-1-3-5-14/h1-11,22H/b20-10+. The van der Waals surface area contributed by atoms with Gasteiger partial charge in [-0.3, -0.25) is 10.2 Å². The van der Waals surface area contributed by atoms with Crippen molar-refractivity contribution in [3.05, 3.63) is 87.0 Å². The highest BCUT2D eigenvalue weighted by atomic mass is 79.9. The third-order valence-electron chi connectivity index (χ3n) is 3.19. The fourth-order valence-corrected chi connectivity index (χ4v) is 2.35. The van der Waals surface area contributed by atoms with Crippen molar-refractivity contribution in [2.24, 2.45) is 5.10 Å². The van der Waals surface area contributed by atoms with Crippen LogP contribution in [-0.4, -0.2) is 16.0 Å². The van der Waals surface area contributed by atoms with Gasteiger partial charge in [0, 0.05) is 0 Å². The van der Waals surface area contributed by atoms with Crippen LogP contribution < -0.4 is 11.0 Å². The summed E-state index contributed by atoms with van der Waals surface area (Å²) in [5, 5.41) is 8.17. The Morgan fingerprint density at radius 2 is 1.83 bits per heavy atom. The first-order chi connectivity index (χ1) is 11.6. The quantitative estimate of drug-likeness (QED) is 0.550. The Hall–Kier alpha value is -2.80. The van der Waals surface area contributed by atoms with Gasteiger partial charge >= 0.3 is 0 Å². The van der Waals surface area contributed by atoms with Gasteiger partial charge in [-0.2, -0.15) is 14.9 Å². The first kappa shape index (κ1) is 16.1. The maximum Gasteiger partial charge on any atom is 0.287 e. The van der Waals surface area contributed by atoms with E-state index < -0.39 is 0 Å². The molecule has 7 heteroatoms.